The van der Waals surface area contributed by atoms with Crippen molar-refractivity contribution >= 4 is 23.5 Å². The van der Waals surface area contributed by atoms with E-state index in [1.165, 1.54) is 36.0 Å². The monoisotopic (exact) mass is 392 g/mol. The normalized spacial score (nSPS) is 16.0. The van der Waals surface area contributed by atoms with Gasteiger partial charge in [0, 0.05) is 25.2 Å². The van der Waals surface area contributed by atoms with Crippen molar-refractivity contribution in [2.45, 2.75) is 37.7 Å². The zero-order valence-electron chi connectivity index (χ0n) is 15.9. The van der Waals surface area contributed by atoms with Crippen molar-refractivity contribution in [2.24, 2.45) is 5.92 Å². The highest BCUT2D eigenvalue weighted by Gasteiger charge is 2.24. The third-order valence-corrected chi connectivity index (χ3v) is 5.40. The molecule has 1 aliphatic rings. The summed E-state index contributed by atoms with van der Waals surface area (Å²) < 4.78 is 20.6. The maximum Gasteiger partial charge on any atom is 0.228 e. The molecule has 0 N–H and O–H groups in total. The van der Waals surface area contributed by atoms with E-state index >= 15 is 0 Å². The fourth-order valence-electron chi connectivity index (χ4n) is 2.95. The van der Waals surface area contributed by atoms with Gasteiger partial charge in [-0.1, -0.05) is 25.6 Å². The van der Waals surface area contributed by atoms with Crippen LogP contribution in [0.25, 0.3) is 0 Å². The molecule has 146 valence electrons. The quantitative estimate of drug-likeness (QED) is 0.532. The zero-order valence-corrected chi connectivity index (χ0v) is 16.7. The van der Waals surface area contributed by atoms with Crippen LogP contribution in [0.1, 0.15) is 31.1 Å². The summed E-state index contributed by atoms with van der Waals surface area (Å²) in [4.78, 5) is 14.9. The molecule has 1 aromatic carbocycles. The summed E-state index contributed by atoms with van der Waals surface area (Å²) in [5.74, 6) is 0.852. The van der Waals surface area contributed by atoms with Crippen molar-refractivity contribution in [3.05, 3.63) is 35.6 Å². The number of rotatable bonds is 7. The number of aromatic nitrogens is 3. The predicted molar refractivity (Wildman–Crippen MR) is 104 cm³/mol. The Morgan fingerprint density at radius 2 is 1.85 bits per heavy atom. The summed E-state index contributed by atoms with van der Waals surface area (Å²) in [5, 5.41) is 9.13. The molecular formula is C19H25FN4O2S. The number of ketones is 1. The number of nitrogens with zero attached hydrogens (tertiary/aromatic N) is 4. The molecule has 6 nitrogen and oxygen atoms in total. The molecular weight excluding hydrogens is 367 g/mol. The molecule has 0 spiro atoms. The van der Waals surface area contributed by atoms with Gasteiger partial charge in [0.2, 0.25) is 5.95 Å². The van der Waals surface area contributed by atoms with Gasteiger partial charge in [0.15, 0.2) is 10.9 Å². The minimum absolute atomic E-state index is 0.0491. The molecule has 0 aliphatic carbocycles. The van der Waals surface area contributed by atoms with E-state index in [9.17, 15) is 9.18 Å². The SMILES string of the molecule is CC(C)Cn1c(S[C@@H](C)C(=O)c2ccc(F)cc2)nnc1N1CCOCC1. The van der Waals surface area contributed by atoms with Gasteiger partial charge in [-0.05, 0) is 37.1 Å². The summed E-state index contributed by atoms with van der Waals surface area (Å²) in [7, 11) is 0. The van der Waals surface area contributed by atoms with E-state index in [2.05, 4.69) is 33.5 Å². The van der Waals surface area contributed by atoms with Crippen LogP contribution in [0.5, 0.6) is 0 Å². The molecule has 0 unspecified atom stereocenters. The lowest BCUT2D eigenvalue weighted by molar-refractivity contribution is 0.0994. The van der Waals surface area contributed by atoms with E-state index in [1.54, 1.807) is 0 Å². The largest absolute Gasteiger partial charge is 0.378 e. The number of morpholine rings is 1. The van der Waals surface area contributed by atoms with Crippen molar-refractivity contribution in [1.82, 2.24) is 14.8 Å². The zero-order chi connectivity index (χ0) is 19.4. The van der Waals surface area contributed by atoms with Gasteiger partial charge < -0.3 is 9.64 Å². The first-order chi connectivity index (χ1) is 13.0. The van der Waals surface area contributed by atoms with Crippen molar-refractivity contribution in [3.8, 4) is 0 Å². The molecule has 3 rings (SSSR count). The molecule has 2 heterocycles. The fraction of sp³-hybridized carbons (Fsp3) is 0.526. The molecule has 0 amide bonds. The first-order valence-corrected chi connectivity index (χ1v) is 10.1. The van der Waals surface area contributed by atoms with Crippen LogP contribution in [0.4, 0.5) is 10.3 Å². The second kappa shape index (κ2) is 8.84. The van der Waals surface area contributed by atoms with E-state index in [1.807, 2.05) is 6.92 Å². The number of carbonyl (C=O) groups excluding carboxylic acids is 1. The van der Waals surface area contributed by atoms with Crippen LogP contribution in [0.2, 0.25) is 0 Å². The number of Topliss-reactive ketones (excluding diaryl/α,β-unsaturated/α-hetero) is 1. The van der Waals surface area contributed by atoms with Crippen LogP contribution in [-0.4, -0.2) is 52.1 Å². The van der Waals surface area contributed by atoms with Crippen LogP contribution >= 0.6 is 11.8 Å². The van der Waals surface area contributed by atoms with Crippen LogP contribution in [0, 0.1) is 11.7 Å². The Labute approximate surface area is 163 Å². The lowest BCUT2D eigenvalue weighted by atomic mass is 10.1. The van der Waals surface area contributed by atoms with Gasteiger partial charge in [0.05, 0.1) is 18.5 Å². The Kier molecular flexibility index (Phi) is 6.49. The molecule has 8 heteroatoms. The number of benzene rings is 1. The Balaban J connectivity index is 1.79. The third kappa shape index (κ3) is 4.87. The summed E-state index contributed by atoms with van der Waals surface area (Å²) >= 11 is 1.39. The summed E-state index contributed by atoms with van der Waals surface area (Å²) in [5.41, 5.74) is 0.500. The molecule has 0 bridgehead atoms. The highest BCUT2D eigenvalue weighted by atomic mass is 32.2. The highest BCUT2D eigenvalue weighted by molar-refractivity contribution is 8.00. The van der Waals surface area contributed by atoms with E-state index in [4.69, 9.17) is 4.74 Å². The second-order valence-electron chi connectivity index (χ2n) is 7.02. The van der Waals surface area contributed by atoms with Crippen molar-refractivity contribution in [3.63, 3.8) is 0 Å². The number of thioether (sulfide) groups is 1. The van der Waals surface area contributed by atoms with E-state index < -0.39 is 0 Å². The van der Waals surface area contributed by atoms with Crippen LogP contribution in [-0.2, 0) is 11.3 Å². The Bertz CT molecular complexity index is 773. The molecule has 1 fully saturated rings. The van der Waals surface area contributed by atoms with Crippen LogP contribution in [0.3, 0.4) is 0 Å². The van der Waals surface area contributed by atoms with Gasteiger partial charge in [-0.15, -0.1) is 10.2 Å². The first-order valence-electron chi connectivity index (χ1n) is 9.18. The van der Waals surface area contributed by atoms with E-state index in [-0.39, 0.29) is 16.9 Å². The summed E-state index contributed by atoms with van der Waals surface area (Å²) in [6.07, 6.45) is 0. The predicted octanol–water partition coefficient (Wildman–Crippen LogP) is 3.27. The Hall–Kier alpha value is -1.93. The smallest absolute Gasteiger partial charge is 0.228 e. The van der Waals surface area contributed by atoms with Gasteiger partial charge in [0.25, 0.3) is 0 Å². The van der Waals surface area contributed by atoms with Crippen molar-refractivity contribution in [1.29, 1.82) is 0 Å². The molecule has 0 saturated carbocycles. The van der Waals surface area contributed by atoms with Gasteiger partial charge in [-0.2, -0.15) is 0 Å². The lowest BCUT2D eigenvalue weighted by Gasteiger charge is -2.28. The number of ether oxygens (including phenoxy) is 1. The molecule has 2 aromatic rings. The molecule has 0 radical (unpaired) electrons. The maximum atomic E-state index is 13.1. The molecule has 1 atom stereocenters. The van der Waals surface area contributed by atoms with Gasteiger partial charge in [-0.3, -0.25) is 9.36 Å². The number of hydrogen-bond acceptors (Lipinski definition) is 6. The molecule has 1 aromatic heterocycles. The number of carbonyl (C=O) groups is 1. The average Bonchev–Trinajstić information content (AvgIpc) is 3.04. The van der Waals surface area contributed by atoms with E-state index in [0.717, 1.165) is 30.7 Å². The van der Waals surface area contributed by atoms with E-state index in [0.29, 0.717) is 24.7 Å². The van der Waals surface area contributed by atoms with Crippen LogP contribution in [0.15, 0.2) is 29.4 Å². The topological polar surface area (TPSA) is 60.2 Å². The second-order valence-corrected chi connectivity index (χ2v) is 8.33. The lowest BCUT2D eigenvalue weighted by Crippen LogP contribution is -2.38. The Morgan fingerprint density at radius 1 is 1.19 bits per heavy atom. The Morgan fingerprint density at radius 3 is 2.48 bits per heavy atom. The average molecular weight is 393 g/mol. The van der Waals surface area contributed by atoms with Gasteiger partial charge >= 0.3 is 0 Å². The minimum Gasteiger partial charge on any atom is -0.378 e. The van der Waals surface area contributed by atoms with Crippen molar-refractivity contribution < 1.29 is 13.9 Å². The highest BCUT2D eigenvalue weighted by Crippen LogP contribution is 2.28. The van der Waals surface area contributed by atoms with Crippen molar-refractivity contribution in [2.75, 3.05) is 31.2 Å². The third-order valence-electron chi connectivity index (χ3n) is 4.32. The van der Waals surface area contributed by atoms with Crippen LogP contribution < -0.4 is 4.90 Å². The first kappa shape index (κ1) is 19.8. The fourth-order valence-corrected chi connectivity index (χ4v) is 3.88. The molecule has 27 heavy (non-hydrogen) atoms. The molecule has 1 saturated heterocycles. The number of halogens is 1. The number of anilines is 1. The van der Waals surface area contributed by atoms with Gasteiger partial charge in [-0.25, -0.2) is 4.39 Å². The molecule has 1 aliphatic heterocycles. The maximum absolute atomic E-state index is 13.1. The number of hydrogen-bond donors (Lipinski definition) is 0. The standard InChI is InChI=1S/C19H25FN4O2S/c1-13(2)12-24-18(23-8-10-26-11-9-23)21-22-19(24)27-14(3)17(25)15-4-6-16(20)7-5-15/h4-7,13-14H,8-12H2,1-3H3/t14-/m0/s1. The summed E-state index contributed by atoms with van der Waals surface area (Å²) in [6.45, 7) is 9.83. The summed E-state index contributed by atoms with van der Waals surface area (Å²) in [6, 6.07) is 5.66. The van der Waals surface area contributed by atoms with Gasteiger partial charge in [0.1, 0.15) is 5.82 Å². The minimum atomic E-state index is -0.348.